The SMILES string of the molecule is Cl.Nc1ccccc1CCC(=O)Nc1cccc(OC2CCCC2)c1. The van der Waals surface area contributed by atoms with E-state index >= 15 is 0 Å². The molecule has 0 atom stereocenters. The molecule has 1 saturated carbocycles. The van der Waals surface area contributed by atoms with Crippen LogP contribution in [0.15, 0.2) is 48.5 Å². The first-order valence-corrected chi connectivity index (χ1v) is 8.60. The Balaban J connectivity index is 0.00000225. The second-order valence-electron chi connectivity index (χ2n) is 6.30. The number of nitrogens with two attached hydrogens (primary N) is 1. The Morgan fingerprint density at radius 2 is 1.88 bits per heavy atom. The van der Waals surface area contributed by atoms with Gasteiger partial charge in [-0.1, -0.05) is 24.3 Å². The lowest BCUT2D eigenvalue weighted by Crippen LogP contribution is -2.14. The number of carbonyl (C=O) groups excluding carboxylic acids is 1. The lowest BCUT2D eigenvalue weighted by Gasteiger charge is -2.14. The van der Waals surface area contributed by atoms with E-state index in [1.165, 1.54) is 12.8 Å². The van der Waals surface area contributed by atoms with Crippen LogP contribution in [0.2, 0.25) is 0 Å². The van der Waals surface area contributed by atoms with E-state index in [0.29, 0.717) is 18.9 Å². The summed E-state index contributed by atoms with van der Waals surface area (Å²) >= 11 is 0. The number of nitrogens with one attached hydrogen (secondary N) is 1. The summed E-state index contributed by atoms with van der Waals surface area (Å²) in [4.78, 5) is 12.2. The average Bonchev–Trinajstić information content (AvgIpc) is 3.07. The van der Waals surface area contributed by atoms with Crippen LogP contribution in [0.25, 0.3) is 0 Å². The molecule has 0 bridgehead atoms. The molecule has 1 aliphatic rings. The maximum atomic E-state index is 12.2. The molecular formula is C20H25ClN2O2. The second-order valence-corrected chi connectivity index (χ2v) is 6.30. The fourth-order valence-electron chi connectivity index (χ4n) is 3.08. The Morgan fingerprint density at radius 1 is 1.12 bits per heavy atom. The highest BCUT2D eigenvalue weighted by atomic mass is 35.5. The third-order valence-corrected chi connectivity index (χ3v) is 4.40. The van der Waals surface area contributed by atoms with Crippen molar-refractivity contribution >= 4 is 29.7 Å². The number of carbonyl (C=O) groups is 1. The highest BCUT2D eigenvalue weighted by Gasteiger charge is 2.16. The van der Waals surface area contributed by atoms with Gasteiger partial charge in [0.25, 0.3) is 0 Å². The van der Waals surface area contributed by atoms with Crippen molar-refractivity contribution in [1.82, 2.24) is 0 Å². The van der Waals surface area contributed by atoms with Crippen molar-refractivity contribution in [3.05, 3.63) is 54.1 Å². The monoisotopic (exact) mass is 360 g/mol. The van der Waals surface area contributed by atoms with Crippen LogP contribution in [-0.2, 0) is 11.2 Å². The molecule has 1 amide bonds. The molecule has 134 valence electrons. The van der Waals surface area contributed by atoms with Gasteiger partial charge in [-0.05, 0) is 55.9 Å². The van der Waals surface area contributed by atoms with E-state index in [9.17, 15) is 4.79 Å². The van der Waals surface area contributed by atoms with Crippen molar-refractivity contribution in [3.8, 4) is 5.75 Å². The standard InChI is InChI=1S/C20H24N2O2.ClH/c21-19-11-4-1-6-15(19)12-13-20(23)22-16-7-5-10-18(14-16)24-17-8-2-3-9-17;/h1,4-7,10-11,14,17H,2-3,8-9,12-13,21H2,(H,22,23);1H. The van der Waals surface area contributed by atoms with Gasteiger partial charge in [-0.3, -0.25) is 4.79 Å². The molecule has 3 N–H and O–H groups in total. The van der Waals surface area contributed by atoms with Crippen LogP contribution in [0.1, 0.15) is 37.7 Å². The summed E-state index contributed by atoms with van der Waals surface area (Å²) in [5, 5.41) is 2.94. The number of nitrogen functional groups attached to an aromatic ring is 1. The van der Waals surface area contributed by atoms with Crippen molar-refractivity contribution in [2.75, 3.05) is 11.1 Å². The van der Waals surface area contributed by atoms with Gasteiger partial charge < -0.3 is 15.8 Å². The predicted molar refractivity (Wildman–Crippen MR) is 104 cm³/mol. The molecule has 0 aliphatic heterocycles. The first-order valence-electron chi connectivity index (χ1n) is 8.60. The minimum atomic E-state index is -0.0173. The molecule has 25 heavy (non-hydrogen) atoms. The van der Waals surface area contributed by atoms with Crippen LogP contribution in [0.4, 0.5) is 11.4 Å². The summed E-state index contributed by atoms with van der Waals surface area (Å²) in [6.07, 6.45) is 6.08. The maximum absolute atomic E-state index is 12.2. The van der Waals surface area contributed by atoms with Gasteiger partial charge in [-0.2, -0.15) is 0 Å². The number of rotatable bonds is 6. The normalized spacial score (nSPS) is 13.9. The number of ether oxygens (including phenoxy) is 1. The lowest BCUT2D eigenvalue weighted by atomic mass is 10.1. The largest absolute Gasteiger partial charge is 0.490 e. The summed E-state index contributed by atoms with van der Waals surface area (Å²) in [6, 6.07) is 15.3. The predicted octanol–water partition coefficient (Wildman–Crippen LogP) is 4.58. The van der Waals surface area contributed by atoms with E-state index in [2.05, 4.69) is 5.32 Å². The van der Waals surface area contributed by atoms with Crippen molar-refractivity contribution in [2.24, 2.45) is 0 Å². The van der Waals surface area contributed by atoms with Crippen molar-refractivity contribution in [1.29, 1.82) is 0 Å². The van der Waals surface area contributed by atoms with Gasteiger partial charge in [0, 0.05) is 23.9 Å². The number of benzene rings is 2. The van der Waals surface area contributed by atoms with E-state index in [1.807, 2.05) is 48.5 Å². The zero-order chi connectivity index (χ0) is 16.8. The third kappa shape index (κ3) is 5.68. The van der Waals surface area contributed by atoms with Crippen LogP contribution in [0.5, 0.6) is 5.75 Å². The minimum Gasteiger partial charge on any atom is -0.490 e. The van der Waals surface area contributed by atoms with Crippen molar-refractivity contribution in [3.63, 3.8) is 0 Å². The molecule has 4 nitrogen and oxygen atoms in total. The van der Waals surface area contributed by atoms with E-state index in [-0.39, 0.29) is 18.3 Å². The number of hydrogen-bond donors (Lipinski definition) is 2. The fourth-order valence-corrected chi connectivity index (χ4v) is 3.08. The van der Waals surface area contributed by atoms with Gasteiger partial charge in [0.2, 0.25) is 5.91 Å². The first kappa shape index (κ1) is 19.1. The molecule has 0 saturated heterocycles. The van der Waals surface area contributed by atoms with Crippen molar-refractivity contribution < 1.29 is 9.53 Å². The minimum absolute atomic E-state index is 0. The lowest BCUT2D eigenvalue weighted by molar-refractivity contribution is -0.116. The summed E-state index contributed by atoms with van der Waals surface area (Å²) in [6.45, 7) is 0. The number of aryl methyl sites for hydroxylation is 1. The number of anilines is 2. The van der Waals surface area contributed by atoms with Gasteiger partial charge in [0.15, 0.2) is 0 Å². The molecule has 5 heteroatoms. The summed E-state index contributed by atoms with van der Waals surface area (Å²) in [5.41, 5.74) is 8.42. The molecular weight excluding hydrogens is 336 g/mol. The van der Waals surface area contributed by atoms with Crippen LogP contribution in [0.3, 0.4) is 0 Å². The highest BCUT2D eigenvalue weighted by molar-refractivity contribution is 5.91. The first-order chi connectivity index (χ1) is 11.7. The number of para-hydroxylation sites is 1. The van der Waals surface area contributed by atoms with Gasteiger partial charge >= 0.3 is 0 Å². The molecule has 2 aromatic rings. The van der Waals surface area contributed by atoms with Gasteiger partial charge in [0.1, 0.15) is 5.75 Å². The van der Waals surface area contributed by atoms with Gasteiger partial charge in [-0.15, -0.1) is 12.4 Å². The molecule has 3 rings (SSSR count). The van der Waals surface area contributed by atoms with Gasteiger partial charge in [-0.25, -0.2) is 0 Å². The number of hydrogen-bond acceptors (Lipinski definition) is 3. The van der Waals surface area contributed by atoms with E-state index < -0.39 is 0 Å². The average molecular weight is 361 g/mol. The molecule has 0 spiro atoms. The van der Waals surface area contributed by atoms with E-state index in [4.69, 9.17) is 10.5 Å². The van der Waals surface area contributed by atoms with Crippen LogP contribution < -0.4 is 15.8 Å². The van der Waals surface area contributed by atoms with Gasteiger partial charge in [0.05, 0.1) is 6.10 Å². The summed E-state index contributed by atoms with van der Waals surface area (Å²) in [5.74, 6) is 0.809. The second kappa shape index (κ2) is 9.33. The van der Waals surface area contributed by atoms with Crippen LogP contribution >= 0.6 is 12.4 Å². The molecule has 1 fully saturated rings. The van der Waals surface area contributed by atoms with Crippen LogP contribution in [-0.4, -0.2) is 12.0 Å². The third-order valence-electron chi connectivity index (χ3n) is 4.40. The summed E-state index contributed by atoms with van der Waals surface area (Å²) < 4.78 is 5.97. The maximum Gasteiger partial charge on any atom is 0.224 e. The zero-order valence-electron chi connectivity index (χ0n) is 14.2. The summed E-state index contributed by atoms with van der Waals surface area (Å²) in [7, 11) is 0. The topological polar surface area (TPSA) is 64.4 Å². The smallest absolute Gasteiger partial charge is 0.224 e. The molecule has 2 aromatic carbocycles. The Hall–Kier alpha value is -2.20. The number of amides is 1. The van der Waals surface area contributed by atoms with Crippen molar-refractivity contribution in [2.45, 2.75) is 44.6 Å². The molecule has 0 radical (unpaired) electrons. The molecule has 0 heterocycles. The molecule has 0 unspecified atom stereocenters. The van der Waals surface area contributed by atoms with E-state index in [1.54, 1.807) is 0 Å². The number of halogens is 1. The van der Waals surface area contributed by atoms with Crippen LogP contribution in [0, 0.1) is 0 Å². The Bertz CT molecular complexity index is 700. The highest BCUT2D eigenvalue weighted by Crippen LogP contribution is 2.25. The Morgan fingerprint density at radius 3 is 2.64 bits per heavy atom. The molecule has 0 aromatic heterocycles. The Kier molecular flexibility index (Phi) is 7.14. The zero-order valence-corrected chi connectivity index (χ0v) is 15.1. The Labute approximate surface area is 155 Å². The molecule has 1 aliphatic carbocycles. The van der Waals surface area contributed by atoms with E-state index in [0.717, 1.165) is 35.5 Å². The quantitative estimate of drug-likeness (QED) is 0.741. The fraction of sp³-hybridized carbons (Fsp3) is 0.350.